The summed E-state index contributed by atoms with van der Waals surface area (Å²) in [5, 5.41) is 0. The van der Waals surface area contributed by atoms with Crippen LogP contribution in [-0.2, 0) is 119 Å². The summed E-state index contributed by atoms with van der Waals surface area (Å²) >= 11 is 0. The lowest BCUT2D eigenvalue weighted by Crippen LogP contribution is -2.69. The minimum atomic E-state index is -1.30. The van der Waals surface area contributed by atoms with Gasteiger partial charge in [0, 0.05) is 42.7 Å². The van der Waals surface area contributed by atoms with Gasteiger partial charge in [0.15, 0.2) is 43.0 Å². The van der Waals surface area contributed by atoms with Crippen molar-refractivity contribution in [2.75, 3.05) is 26.9 Å². The van der Waals surface area contributed by atoms with Gasteiger partial charge in [-0.05, 0) is 172 Å². The Balaban J connectivity index is 0.700. The first kappa shape index (κ1) is 92.2. The molecule has 11 fully saturated rings. The summed E-state index contributed by atoms with van der Waals surface area (Å²) in [5.74, 6) is -1.84. The maximum absolute atomic E-state index is 16.9. The third-order valence-electron chi connectivity index (χ3n) is 33.7. The van der Waals surface area contributed by atoms with Crippen LogP contribution in [0.15, 0.2) is 103 Å². The Morgan fingerprint density at radius 1 is 0.533 bits per heavy atom. The van der Waals surface area contributed by atoms with Crippen molar-refractivity contribution in [3.63, 3.8) is 0 Å². The molecule has 0 amide bonds. The van der Waals surface area contributed by atoms with E-state index in [1.165, 1.54) is 11.9 Å². The molecular formula is C100H147NO21. The summed E-state index contributed by atoms with van der Waals surface area (Å²) in [6.45, 7) is 45.1. The minimum absolute atomic E-state index is 0.0117. The molecule has 3 aromatic rings. The summed E-state index contributed by atoms with van der Waals surface area (Å²) in [5.41, 5.74) is 8.29. The zero-order valence-electron chi connectivity index (χ0n) is 76.8. The number of rotatable bonds is 26. The van der Waals surface area contributed by atoms with Gasteiger partial charge in [0.2, 0.25) is 6.29 Å². The van der Waals surface area contributed by atoms with Gasteiger partial charge in [-0.1, -0.05) is 213 Å². The molecule has 2 N–H and O–H groups in total. The highest BCUT2D eigenvalue weighted by Crippen LogP contribution is 2.76. The topological polar surface area (TPSA) is 243 Å². The van der Waals surface area contributed by atoms with Gasteiger partial charge in [0.05, 0.1) is 81.7 Å². The highest BCUT2D eigenvalue weighted by molar-refractivity contribution is 5.81. The highest BCUT2D eigenvalue weighted by atomic mass is 16.8. The third kappa shape index (κ3) is 17.3. The van der Waals surface area contributed by atoms with Crippen LogP contribution in [0.4, 0.5) is 0 Å². The van der Waals surface area contributed by atoms with Gasteiger partial charge in [-0.15, -0.1) is 0 Å². The van der Waals surface area contributed by atoms with E-state index in [1.54, 1.807) is 14.0 Å². The van der Waals surface area contributed by atoms with Gasteiger partial charge in [-0.25, -0.2) is 0 Å². The van der Waals surface area contributed by atoms with E-state index in [9.17, 15) is 9.59 Å². The first-order valence-electron chi connectivity index (χ1n) is 46.6. The monoisotopic (exact) mass is 1700 g/mol. The maximum atomic E-state index is 16.9. The van der Waals surface area contributed by atoms with Crippen molar-refractivity contribution in [3.05, 3.63) is 119 Å². The fourth-order valence-electron chi connectivity index (χ4n) is 25.2. The van der Waals surface area contributed by atoms with Crippen molar-refractivity contribution in [2.45, 2.75) is 358 Å². The van der Waals surface area contributed by atoms with Gasteiger partial charge in [0.25, 0.3) is 0 Å². The molecule has 15 rings (SSSR count). The Morgan fingerprint density at radius 3 is 1.80 bits per heavy atom. The normalized spacial score (nSPS) is 46.6. The molecule has 5 aliphatic carbocycles. The zero-order valence-corrected chi connectivity index (χ0v) is 76.8. The van der Waals surface area contributed by atoms with Crippen molar-refractivity contribution < 1.29 is 99.6 Å². The number of ketones is 1. The molecule has 17 unspecified atom stereocenters. The number of methoxy groups -OCH3 is 1. The smallest absolute Gasteiger partial charge is 0.317 e. The second-order valence-corrected chi connectivity index (χ2v) is 41.9. The molecule has 7 saturated heterocycles. The zero-order chi connectivity index (χ0) is 87.1. The molecular weight excluding hydrogens is 1550 g/mol. The summed E-state index contributed by atoms with van der Waals surface area (Å²) in [6, 6.07) is 29.6. The van der Waals surface area contributed by atoms with Crippen LogP contribution in [0, 0.1) is 104 Å². The van der Waals surface area contributed by atoms with E-state index in [0.717, 1.165) is 55.2 Å². The average molecular weight is 1700 g/mol. The lowest BCUT2D eigenvalue weighted by molar-refractivity contribution is -0.374. The molecule has 22 nitrogen and oxygen atoms in total. The van der Waals surface area contributed by atoms with E-state index in [4.69, 9.17) is 91.0 Å². The molecule has 122 heavy (non-hydrogen) atoms. The van der Waals surface area contributed by atoms with E-state index >= 15 is 4.79 Å². The van der Waals surface area contributed by atoms with Crippen molar-refractivity contribution >= 4 is 18.0 Å². The van der Waals surface area contributed by atoms with Crippen LogP contribution in [-0.4, -0.2) is 180 Å². The number of benzene rings is 3. The molecule has 0 aromatic heterocycles. The van der Waals surface area contributed by atoms with Gasteiger partial charge in [0.1, 0.15) is 60.5 Å². The fraction of sp³-hybridized carbons (Fsp3) is 0.770. The number of Topliss-reactive ketones (excluding diaryl/α,β-unsaturated/α-hetero) is 1. The van der Waals surface area contributed by atoms with Crippen LogP contribution in [0.1, 0.15) is 219 Å². The predicted molar refractivity (Wildman–Crippen MR) is 457 cm³/mol. The van der Waals surface area contributed by atoms with E-state index in [1.807, 2.05) is 113 Å². The lowest BCUT2D eigenvalue weighted by Gasteiger charge is -2.71. The molecule has 678 valence electrons. The van der Waals surface area contributed by atoms with Crippen molar-refractivity contribution in [1.29, 1.82) is 0 Å². The summed E-state index contributed by atoms with van der Waals surface area (Å²) in [4.78, 5) is 45.7. The molecule has 0 spiro atoms. The molecule has 38 atom stereocenters. The van der Waals surface area contributed by atoms with Crippen LogP contribution >= 0.6 is 0 Å². The van der Waals surface area contributed by atoms with Crippen LogP contribution in [0.2, 0.25) is 0 Å². The van der Waals surface area contributed by atoms with E-state index in [-0.39, 0.29) is 82.8 Å². The number of carbonyl (C=O) groups excluding carboxylic acids is 3. The average Bonchev–Trinajstić information content (AvgIpc) is 0.693. The molecule has 22 heteroatoms. The van der Waals surface area contributed by atoms with Gasteiger partial charge < -0.3 is 95.8 Å². The first-order chi connectivity index (χ1) is 58.0. The number of allylic oxidation sites excluding steroid dienone is 2. The predicted octanol–water partition coefficient (Wildman–Crippen LogP) is 16.7. The Hall–Kier alpha value is -4.51. The van der Waals surface area contributed by atoms with Crippen LogP contribution in [0.3, 0.4) is 0 Å². The number of esters is 1. The largest absolute Gasteiger partial charge is 0.432 e. The molecule has 0 radical (unpaired) electrons. The maximum Gasteiger partial charge on any atom is 0.317 e. The molecule has 12 aliphatic rings. The van der Waals surface area contributed by atoms with Crippen molar-refractivity contribution in [3.8, 4) is 0 Å². The van der Waals surface area contributed by atoms with Crippen LogP contribution < -0.4 is 5.73 Å². The number of nitrogens with two attached hydrogens (primary N) is 1. The van der Waals surface area contributed by atoms with Crippen molar-refractivity contribution in [2.24, 2.45) is 109 Å². The second-order valence-electron chi connectivity index (χ2n) is 41.9. The Morgan fingerprint density at radius 2 is 1.14 bits per heavy atom. The Labute approximate surface area is 727 Å². The molecule has 4 saturated carbocycles. The molecule has 3 aromatic carbocycles. The lowest BCUT2D eigenvalue weighted by atomic mass is 9.33. The number of fused-ring (bicyclic) bond motifs is 8. The van der Waals surface area contributed by atoms with Crippen LogP contribution in [0.5, 0.6) is 0 Å². The summed E-state index contributed by atoms with van der Waals surface area (Å²) < 4.78 is 126. The molecule has 7 heterocycles. The SMILES string of the molecule is CCC1O[C@@H](OC2[C@H](O[C@H]3CCC4(C)C5CC=C6C7CC(C)(C)CC[C@]7(C(=O)O[C@H]7OC(COCc8ccccc8)[C@H](N)C(C)C7O[C@@H]7OC(C)[C@H](O[C@@H]8OC[C@@H](OCc9ccccc9)C(OCc9ccccc9)C8C)C8OC(C)(C)OC87)C(OC)C[C@@]6(C)[C@@]5(C)CC[C@H]4[C@@]3(C)C=O)OC(C(C)=O)[C@@H](C)[C@@H]2O[C@@H]2OC[C@@H](C)[C@H](C)C2C)C(C)[C@@H](C)[C@H]1C. The minimum Gasteiger partial charge on any atom is -0.432 e. The Bertz CT molecular complexity index is 4040. The third-order valence-corrected chi connectivity index (χ3v) is 33.7. The number of carbonyl (C=O) groups is 3. The molecule has 7 aliphatic heterocycles. The van der Waals surface area contributed by atoms with Gasteiger partial charge in [-0.2, -0.15) is 0 Å². The van der Waals surface area contributed by atoms with Crippen molar-refractivity contribution in [1.82, 2.24) is 0 Å². The van der Waals surface area contributed by atoms with Gasteiger partial charge >= 0.3 is 5.97 Å². The summed E-state index contributed by atoms with van der Waals surface area (Å²) in [6.07, 6.45) is -3.74. The van der Waals surface area contributed by atoms with Crippen LogP contribution in [0.25, 0.3) is 0 Å². The van der Waals surface area contributed by atoms with Gasteiger partial charge in [-0.3, -0.25) is 9.59 Å². The highest BCUT2D eigenvalue weighted by Gasteiger charge is 2.74. The quantitative estimate of drug-likeness (QED) is 0.0340. The second kappa shape index (κ2) is 36.8. The molecule has 0 bridgehead atoms. The van der Waals surface area contributed by atoms with E-state index in [2.05, 4.69) is 115 Å². The number of hydrogen-bond donors (Lipinski definition) is 1. The standard InChI is InChI=1S/C100H147NO21/c1-22-71-58(5)57(4)60(7)89(112-71)119-85-81(116-87-59(6)56(3)55(2)48-109-87)62(9)79(64(11)103)115-91(85)114-76-41-42-96(17)74(97(76,18)54-102)40-43-98(19)75(96)39-38-69-70-46-94(13,14)44-45-100(70,77(105-21)47-99(69,98)20)93(104)120-90-82(61(8)78(101)72(113-90)52-106-49-66-32-26-23-27-33-66)117-92-86-84(121-95(15,16)122-86)83(65(12)111-92)118-88-63(10)80(108-51-68-36-30-25-31-37-68)73(53-110-88)107-50-67-34-28-24-29-35-67/h23-38,54-63,65,70-92H,22,39-53,101H2,1-21H3/t55-,56+,57+,58-,59?,60?,61?,62-,63?,65?,70?,71?,72?,73-,74-,75?,76+,77?,78-,79?,80?,81+,82?,83+,84?,85?,86?,87+,88+,89+,90-,91-,92+,96?,97-,98+,99-,100-/m1/s1. The number of aldehydes is 1. The number of ether oxygens (including phenoxy) is 18. The number of hydrogen-bond acceptors (Lipinski definition) is 22. The fourth-order valence-corrected chi connectivity index (χ4v) is 25.2. The van der Waals surface area contributed by atoms with E-state index in [0.29, 0.717) is 69.9 Å². The Kier molecular flexibility index (Phi) is 27.8. The first-order valence-corrected chi connectivity index (χ1v) is 46.6. The van der Waals surface area contributed by atoms with E-state index < -0.39 is 163 Å². The summed E-state index contributed by atoms with van der Waals surface area (Å²) in [7, 11) is 1.77.